The van der Waals surface area contributed by atoms with E-state index >= 15 is 0 Å². The van der Waals surface area contributed by atoms with Crippen LogP contribution in [0.25, 0.3) is 0 Å². The van der Waals surface area contributed by atoms with Gasteiger partial charge in [0.25, 0.3) is 5.91 Å². The van der Waals surface area contributed by atoms with E-state index in [1.807, 2.05) is 61.5 Å². The van der Waals surface area contributed by atoms with Gasteiger partial charge in [0.15, 0.2) is 6.10 Å². The molecule has 120 valence electrons. The summed E-state index contributed by atoms with van der Waals surface area (Å²) in [5, 5.41) is 2.73. The zero-order valence-corrected chi connectivity index (χ0v) is 13.9. The average molecular weight is 329 g/mol. The molecule has 0 saturated carbocycles. The van der Waals surface area contributed by atoms with E-state index in [0.29, 0.717) is 5.69 Å². The molecule has 0 aliphatic heterocycles. The van der Waals surface area contributed by atoms with Crippen LogP contribution in [0.5, 0.6) is 0 Å². The van der Waals surface area contributed by atoms with Crippen LogP contribution < -0.4 is 5.32 Å². The summed E-state index contributed by atoms with van der Waals surface area (Å²) in [6.45, 7) is 3.54. The van der Waals surface area contributed by atoms with E-state index in [4.69, 9.17) is 4.74 Å². The molecular formula is C18H19NO3S. The summed E-state index contributed by atoms with van der Waals surface area (Å²) >= 11 is 1.38. The monoisotopic (exact) mass is 329 g/mol. The molecule has 0 aromatic heterocycles. The zero-order valence-electron chi connectivity index (χ0n) is 13.1. The van der Waals surface area contributed by atoms with Gasteiger partial charge in [0.05, 0.1) is 5.75 Å². The molecule has 2 aromatic carbocycles. The van der Waals surface area contributed by atoms with Gasteiger partial charge in [-0.15, -0.1) is 11.8 Å². The average Bonchev–Trinajstić information content (AvgIpc) is 2.56. The SMILES string of the molecule is Cc1ccc(NC(=O)[C@H](C)OC(=O)CSc2ccccc2)cc1. The third-order valence-corrected chi connectivity index (χ3v) is 4.08. The van der Waals surface area contributed by atoms with E-state index in [1.165, 1.54) is 11.8 Å². The van der Waals surface area contributed by atoms with Crippen molar-refractivity contribution in [2.45, 2.75) is 24.8 Å². The van der Waals surface area contributed by atoms with Gasteiger partial charge in [-0.1, -0.05) is 35.9 Å². The fourth-order valence-corrected chi connectivity index (χ4v) is 2.53. The number of nitrogens with one attached hydrogen (secondary N) is 1. The number of ether oxygens (including phenoxy) is 1. The number of hydrogen-bond donors (Lipinski definition) is 1. The van der Waals surface area contributed by atoms with E-state index in [2.05, 4.69) is 5.32 Å². The quantitative estimate of drug-likeness (QED) is 0.649. The fourth-order valence-electron chi connectivity index (χ4n) is 1.82. The molecule has 5 heteroatoms. The van der Waals surface area contributed by atoms with E-state index in [1.54, 1.807) is 6.92 Å². The number of benzene rings is 2. The van der Waals surface area contributed by atoms with E-state index in [9.17, 15) is 9.59 Å². The van der Waals surface area contributed by atoms with Crippen molar-refractivity contribution in [3.63, 3.8) is 0 Å². The Morgan fingerprint density at radius 1 is 1.09 bits per heavy atom. The number of thioether (sulfide) groups is 1. The van der Waals surface area contributed by atoms with Crippen molar-refractivity contribution in [2.75, 3.05) is 11.1 Å². The molecule has 0 bridgehead atoms. The summed E-state index contributed by atoms with van der Waals surface area (Å²) in [4.78, 5) is 24.8. The Morgan fingerprint density at radius 2 is 1.74 bits per heavy atom. The minimum Gasteiger partial charge on any atom is -0.452 e. The Balaban J connectivity index is 1.78. The number of anilines is 1. The lowest BCUT2D eigenvalue weighted by molar-refractivity contribution is -0.150. The van der Waals surface area contributed by atoms with Crippen molar-refractivity contribution in [3.8, 4) is 0 Å². The number of carbonyl (C=O) groups excluding carboxylic acids is 2. The first-order valence-electron chi connectivity index (χ1n) is 7.29. The Labute approximate surface area is 140 Å². The highest BCUT2D eigenvalue weighted by atomic mass is 32.2. The summed E-state index contributed by atoms with van der Waals surface area (Å²) in [5.41, 5.74) is 1.79. The van der Waals surface area contributed by atoms with Crippen molar-refractivity contribution in [1.82, 2.24) is 0 Å². The van der Waals surface area contributed by atoms with Gasteiger partial charge in [0.1, 0.15) is 0 Å². The van der Waals surface area contributed by atoms with Gasteiger partial charge in [-0.2, -0.15) is 0 Å². The van der Waals surface area contributed by atoms with Crippen molar-refractivity contribution < 1.29 is 14.3 Å². The molecule has 0 aliphatic rings. The van der Waals surface area contributed by atoms with E-state index in [-0.39, 0.29) is 11.7 Å². The molecule has 0 unspecified atom stereocenters. The molecule has 0 saturated heterocycles. The summed E-state index contributed by atoms with van der Waals surface area (Å²) < 4.78 is 5.16. The predicted molar refractivity (Wildman–Crippen MR) is 92.5 cm³/mol. The summed E-state index contributed by atoms with van der Waals surface area (Å²) in [5.74, 6) is -0.580. The first kappa shape index (κ1) is 17.1. The highest BCUT2D eigenvalue weighted by molar-refractivity contribution is 8.00. The van der Waals surface area contributed by atoms with Gasteiger partial charge in [0, 0.05) is 10.6 Å². The number of aryl methyl sites for hydroxylation is 1. The standard InChI is InChI=1S/C18H19NO3S/c1-13-8-10-15(11-9-13)19-18(21)14(2)22-17(20)12-23-16-6-4-3-5-7-16/h3-11,14H,12H2,1-2H3,(H,19,21)/t14-/m0/s1. The fraction of sp³-hybridized carbons (Fsp3) is 0.222. The maximum atomic E-state index is 12.0. The Morgan fingerprint density at radius 3 is 2.39 bits per heavy atom. The molecule has 0 radical (unpaired) electrons. The first-order valence-corrected chi connectivity index (χ1v) is 8.28. The molecule has 0 fully saturated rings. The summed E-state index contributed by atoms with van der Waals surface area (Å²) in [6, 6.07) is 17.0. The molecule has 1 N–H and O–H groups in total. The van der Waals surface area contributed by atoms with Crippen molar-refractivity contribution in [1.29, 1.82) is 0 Å². The molecule has 23 heavy (non-hydrogen) atoms. The normalized spacial score (nSPS) is 11.6. The number of rotatable bonds is 6. The largest absolute Gasteiger partial charge is 0.452 e. The van der Waals surface area contributed by atoms with Crippen molar-refractivity contribution >= 4 is 29.3 Å². The van der Waals surface area contributed by atoms with Crippen molar-refractivity contribution in [2.24, 2.45) is 0 Å². The molecule has 2 aromatic rings. The predicted octanol–water partition coefficient (Wildman–Crippen LogP) is 3.66. The van der Waals surface area contributed by atoms with Crippen LogP contribution in [0.3, 0.4) is 0 Å². The number of amides is 1. The minimum atomic E-state index is -0.833. The third-order valence-electron chi connectivity index (χ3n) is 3.10. The van der Waals surface area contributed by atoms with Crippen LogP contribution in [0.4, 0.5) is 5.69 Å². The number of carbonyl (C=O) groups is 2. The third kappa shape index (κ3) is 5.79. The molecule has 0 heterocycles. The summed E-state index contributed by atoms with van der Waals surface area (Å²) in [7, 11) is 0. The molecule has 1 amide bonds. The highest BCUT2D eigenvalue weighted by Crippen LogP contribution is 2.17. The maximum absolute atomic E-state index is 12.0. The van der Waals surface area contributed by atoms with Crippen LogP contribution in [-0.2, 0) is 14.3 Å². The lowest BCUT2D eigenvalue weighted by atomic mass is 10.2. The second-order valence-corrected chi connectivity index (χ2v) is 6.14. The Bertz CT molecular complexity index is 656. The van der Waals surface area contributed by atoms with Gasteiger partial charge in [-0.25, -0.2) is 0 Å². The topological polar surface area (TPSA) is 55.4 Å². The molecular weight excluding hydrogens is 310 g/mol. The van der Waals surface area contributed by atoms with Gasteiger partial charge in [-0.05, 0) is 38.1 Å². The van der Waals surface area contributed by atoms with Crippen LogP contribution in [0, 0.1) is 6.92 Å². The Kier molecular flexibility index (Phi) is 6.23. The van der Waals surface area contributed by atoms with Gasteiger partial charge in [0.2, 0.25) is 0 Å². The minimum absolute atomic E-state index is 0.173. The lowest BCUT2D eigenvalue weighted by Gasteiger charge is -2.13. The van der Waals surface area contributed by atoms with Crippen LogP contribution in [-0.4, -0.2) is 23.7 Å². The number of esters is 1. The molecule has 0 aliphatic carbocycles. The smallest absolute Gasteiger partial charge is 0.317 e. The zero-order chi connectivity index (χ0) is 16.7. The van der Waals surface area contributed by atoms with Crippen molar-refractivity contribution in [3.05, 3.63) is 60.2 Å². The highest BCUT2D eigenvalue weighted by Gasteiger charge is 2.18. The molecule has 1 atom stereocenters. The lowest BCUT2D eigenvalue weighted by Crippen LogP contribution is -2.30. The maximum Gasteiger partial charge on any atom is 0.317 e. The molecule has 2 rings (SSSR count). The van der Waals surface area contributed by atoms with Gasteiger partial charge < -0.3 is 10.1 Å². The van der Waals surface area contributed by atoms with E-state index in [0.717, 1.165) is 10.5 Å². The second kappa shape index (κ2) is 8.39. The van der Waals surface area contributed by atoms with Gasteiger partial charge in [-0.3, -0.25) is 9.59 Å². The molecule has 4 nitrogen and oxygen atoms in total. The van der Waals surface area contributed by atoms with Gasteiger partial charge >= 0.3 is 5.97 Å². The Hall–Kier alpha value is -2.27. The molecule has 0 spiro atoms. The van der Waals surface area contributed by atoms with E-state index < -0.39 is 12.1 Å². The van der Waals surface area contributed by atoms with Crippen LogP contribution in [0.2, 0.25) is 0 Å². The van der Waals surface area contributed by atoms with Crippen LogP contribution in [0.1, 0.15) is 12.5 Å². The number of hydrogen-bond acceptors (Lipinski definition) is 4. The second-order valence-electron chi connectivity index (χ2n) is 5.09. The van der Waals surface area contributed by atoms with Crippen LogP contribution in [0.15, 0.2) is 59.5 Å². The summed E-state index contributed by atoms with van der Waals surface area (Å²) in [6.07, 6.45) is -0.833. The van der Waals surface area contributed by atoms with Crippen LogP contribution >= 0.6 is 11.8 Å². The first-order chi connectivity index (χ1) is 11.0.